The maximum absolute atomic E-state index is 11.3. The minimum absolute atomic E-state index is 0.449. The maximum atomic E-state index is 11.3. The van der Waals surface area contributed by atoms with Crippen molar-refractivity contribution in [3.8, 4) is 0 Å². The average molecular weight is 220 g/mol. The van der Waals surface area contributed by atoms with Crippen molar-refractivity contribution in [3.63, 3.8) is 0 Å². The van der Waals surface area contributed by atoms with Crippen LogP contribution in [-0.2, 0) is 15.6 Å². The number of rotatable bonds is 1. The van der Waals surface area contributed by atoms with E-state index in [1.165, 1.54) is 0 Å². The molecule has 8 heteroatoms. The zero-order valence-electron chi connectivity index (χ0n) is 8.10. The van der Waals surface area contributed by atoms with Gasteiger partial charge in [-0.3, -0.25) is 4.57 Å². The fourth-order valence-corrected chi connectivity index (χ4v) is 1.85. The molecule has 0 atom stereocenters. The van der Waals surface area contributed by atoms with E-state index in [0.717, 1.165) is 4.57 Å². The Bertz CT molecular complexity index is 490. The highest BCUT2D eigenvalue weighted by Crippen LogP contribution is 2.14. The van der Waals surface area contributed by atoms with Crippen LogP contribution in [0.5, 0.6) is 0 Å². The van der Waals surface area contributed by atoms with E-state index in [0.29, 0.717) is 0 Å². The van der Waals surface area contributed by atoms with Crippen LogP contribution in [0.1, 0.15) is 20.8 Å². The molecule has 80 valence electrons. The van der Waals surface area contributed by atoms with Crippen molar-refractivity contribution in [2.75, 3.05) is 0 Å². The van der Waals surface area contributed by atoms with E-state index in [1.54, 1.807) is 20.8 Å². The minimum Gasteiger partial charge on any atom is -0.259 e. The summed E-state index contributed by atoms with van der Waals surface area (Å²) in [6, 6.07) is 0. The van der Waals surface area contributed by atoms with Crippen molar-refractivity contribution in [3.05, 3.63) is 10.5 Å². The van der Waals surface area contributed by atoms with Gasteiger partial charge in [-0.15, -0.1) is 5.10 Å². The molecule has 0 amide bonds. The molecule has 1 aromatic heterocycles. The Morgan fingerprint density at radius 2 is 1.93 bits per heavy atom. The van der Waals surface area contributed by atoms with Gasteiger partial charge in [0.25, 0.3) is 15.2 Å². The van der Waals surface area contributed by atoms with Gasteiger partial charge in [0.1, 0.15) is 0 Å². The second-order valence-corrected chi connectivity index (χ2v) is 5.32. The summed E-state index contributed by atoms with van der Waals surface area (Å²) in [5.74, 6) is 0. The minimum atomic E-state index is -3.98. The Morgan fingerprint density at radius 3 is 2.21 bits per heavy atom. The SMILES string of the molecule is CC(C)(C)n1c(S(N)(=O)=O)n[nH]c1=O. The van der Waals surface area contributed by atoms with E-state index < -0.39 is 26.4 Å². The lowest BCUT2D eigenvalue weighted by Gasteiger charge is -2.20. The molecule has 0 fully saturated rings. The number of hydrogen-bond donors (Lipinski definition) is 2. The largest absolute Gasteiger partial charge is 0.344 e. The Hall–Kier alpha value is -1.15. The molecule has 0 saturated heterocycles. The van der Waals surface area contributed by atoms with Crippen LogP contribution < -0.4 is 10.8 Å². The Labute approximate surface area is 81.0 Å². The van der Waals surface area contributed by atoms with E-state index in [4.69, 9.17) is 5.14 Å². The van der Waals surface area contributed by atoms with E-state index in [2.05, 4.69) is 5.10 Å². The number of hydrogen-bond acceptors (Lipinski definition) is 4. The normalized spacial score (nSPS) is 13.1. The fraction of sp³-hybridized carbons (Fsp3) is 0.667. The first-order chi connectivity index (χ1) is 6.14. The summed E-state index contributed by atoms with van der Waals surface area (Å²) in [7, 11) is -3.98. The van der Waals surface area contributed by atoms with E-state index in [9.17, 15) is 13.2 Å². The zero-order chi connectivity index (χ0) is 11.1. The van der Waals surface area contributed by atoms with Gasteiger partial charge < -0.3 is 0 Å². The molecule has 0 unspecified atom stereocenters. The smallest absolute Gasteiger partial charge is 0.259 e. The van der Waals surface area contributed by atoms with Crippen LogP contribution in [0, 0.1) is 0 Å². The molecule has 0 bridgehead atoms. The van der Waals surface area contributed by atoms with Gasteiger partial charge in [-0.1, -0.05) is 0 Å². The summed E-state index contributed by atoms with van der Waals surface area (Å²) in [4.78, 5) is 11.3. The van der Waals surface area contributed by atoms with E-state index in [1.807, 2.05) is 5.10 Å². The number of aromatic nitrogens is 3. The van der Waals surface area contributed by atoms with Gasteiger partial charge in [-0.05, 0) is 20.8 Å². The molecule has 0 aromatic carbocycles. The second-order valence-electron chi connectivity index (χ2n) is 3.86. The van der Waals surface area contributed by atoms with Gasteiger partial charge in [0.05, 0.1) is 0 Å². The van der Waals surface area contributed by atoms with Gasteiger partial charge in [-0.2, -0.15) is 0 Å². The summed E-state index contributed by atoms with van der Waals surface area (Å²) >= 11 is 0. The summed E-state index contributed by atoms with van der Waals surface area (Å²) < 4.78 is 23.1. The molecule has 0 saturated carbocycles. The monoisotopic (exact) mass is 220 g/mol. The van der Waals surface area contributed by atoms with E-state index >= 15 is 0 Å². The summed E-state index contributed by atoms with van der Waals surface area (Å²) in [6.45, 7) is 5.04. The van der Waals surface area contributed by atoms with Gasteiger partial charge in [0.15, 0.2) is 0 Å². The highest BCUT2D eigenvalue weighted by atomic mass is 32.2. The molecule has 0 aliphatic heterocycles. The van der Waals surface area contributed by atoms with Crippen LogP contribution in [0.15, 0.2) is 9.95 Å². The van der Waals surface area contributed by atoms with Gasteiger partial charge in [0, 0.05) is 5.54 Å². The molecule has 1 heterocycles. The molecule has 14 heavy (non-hydrogen) atoms. The number of nitrogens with one attached hydrogen (secondary N) is 1. The highest BCUT2D eigenvalue weighted by Gasteiger charge is 2.26. The predicted octanol–water partition coefficient (Wildman–Crippen LogP) is -1.03. The van der Waals surface area contributed by atoms with Crippen LogP contribution in [0.2, 0.25) is 0 Å². The first-order valence-electron chi connectivity index (χ1n) is 3.85. The first kappa shape index (κ1) is 10.9. The van der Waals surface area contributed by atoms with Crippen molar-refractivity contribution >= 4 is 10.0 Å². The third-order valence-corrected chi connectivity index (χ3v) is 2.35. The van der Waals surface area contributed by atoms with Crippen molar-refractivity contribution in [1.82, 2.24) is 14.8 Å². The molecular weight excluding hydrogens is 208 g/mol. The van der Waals surface area contributed by atoms with Crippen molar-refractivity contribution < 1.29 is 8.42 Å². The quantitative estimate of drug-likeness (QED) is 0.630. The average Bonchev–Trinajstić information content (AvgIpc) is 2.27. The lowest BCUT2D eigenvalue weighted by atomic mass is 10.1. The lowest BCUT2D eigenvalue weighted by molar-refractivity contribution is 0.352. The van der Waals surface area contributed by atoms with Crippen LogP contribution in [-0.4, -0.2) is 23.2 Å². The molecule has 7 nitrogen and oxygen atoms in total. The molecule has 0 aliphatic carbocycles. The topological polar surface area (TPSA) is 111 Å². The van der Waals surface area contributed by atoms with Crippen molar-refractivity contribution in [1.29, 1.82) is 0 Å². The second kappa shape index (κ2) is 2.92. The maximum Gasteiger partial charge on any atom is 0.344 e. The Kier molecular flexibility index (Phi) is 2.28. The van der Waals surface area contributed by atoms with Gasteiger partial charge in [0.2, 0.25) is 0 Å². The summed E-state index contributed by atoms with van der Waals surface area (Å²) in [5, 5.41) is 9.86. The van der Waals surface area contributed by atoms with Crippen molar-refractivity contribution in [2.24, 2.45) is 5.14 Å². The predicted molar refractivity (Wildman–Crippen MR) is 49.2 cm³/mol. The standard InChI is InChI=1S/C6H12N4O3S/c1-6(2,3)10-4(11)8-9-5(10)14(7,12)13/h1-3H3,(H,8,11)(H2,7,12,13). The summed E-state index contributed by atoms with van der Waals surface area (Å²) in [6.07, 6.45) is 0. The number of nitrogens with two attached hydrogens (primary N) is 1. The van der Waals surface area contributed by atoms with Gasteiger partial charge in [-0.25, -0.2) is 23.4 Å². The van der Waals surface area contributed by atoms with Crippen LogP contribution in [0.4, 0.5) is 0 Å². The number of H-pyrrole nitrogens is 1. The van der Waals surface area contributed by atoms with Crippen molar-refractivity contribution in [2.45, 2.75) is 31.5 Å². The molecule has 1 aromatic rings. The van der Waals surface area contributed by atoms with Gasteiger partial charge >= 0.3 is 5.69 Å². The number of aromatic amines is 1. The third-order valence-electron chi connectivity index (χ3n) is 1.57. The molecule has 3 N–H and O–H groups in total. The molecular formula is C6H12N4O3S. The number of nitrogens with zero attached hydrogens (tertiary/aromatic N) is 2. The third kappa shape index (κ3) is 1.85. The Morgan fingerprint density at radius 1 is 1.43 bits per heavy atom. The summed E-state index contributed by atoms with van der Waals surface area (Å²) in [5.41, 5.74) is -1.28. The zero-order valence-corrected chi connectivity index (χ0v) is 8.92. The lowest BCUT2D eigenvalue weighted by Crippen LogP contribution is -2.35. The van der Waals surface area contributed by atoms with Crippen LogP contribution in [0.25, 0.3) is 0 Å². The fourth-order valence-electron chi connectivity index (χ4n) is 1.06. The number of sulfonamides is 1. The molecule has 0 radical (unpaired) electrons. The highest BCUT2D eigenvalue weighted by molar-refractivity contribution is 7.89. The van der Waals surface area contributed by atoms with Crippen LogP contribution >= 0.6 is 0 Å². The molecule has 1 rings (SSSR count). The van der Waals surface area contributed by atoms with E-state index in [-0.39, 0.29) is 0 Å². The Balaban J connectivity index is 3.59. The first-order valence-corrected chi connectivity index (χ1v) is 5.39. The number of primary sulfonamides is 1. The van der Waals surface area contributed by atoms with Crippen LogP contribution in [0.3, 0.4) is 0 Å². The molecule has 0 spiro atoms. The molecule has 0 aliphatic rings.